The molecule has 11 heteroatoms. The largest absolute Gasteiger partial charge is 0.480 e. The highest BCUT2D eigenvalue weighted by Gasteiger charge is 2.47. The molecule has 2 unspecified atom stereocenters. The molecule has 27 heavy (non-hydrogen) atoms. The van der Waals surface area contributed by atoms with E-state index >= 15 is 0 Å². The van der Waals surface area contributed by atoms with Gasteiger partial charge in [-0.2, -0.15) is 0 Å². The van der Waals surface area contributed by atoms with Gasteiger partial charge in [-0.3, -0.25) is 9.59 Å². The number of aliphatic carboxylic acids is 1. The number of carboxylic acid groups (broad SMARTS) is 1. The van der Waals surface area contributed by atoms with Crippen LogP contribution in [0.2, 0.25) is 0 Å². The van der Waals surface area contributed by atoms with E-state index in [0.29, 0.717) is 0 Å². The SMILES string of the molecule is Nc1ccccc1C(=O)C(O[C@@H]1O[C@H](CO)[C@@H](O)[C@H](O)[C@H]1O)C(N)C(=O)O. The number of benzene rings is 1. The summed E-state index contributed by atoms with van der Waals surface area (Å²) in [6, 6.07) is 3.99. The molecule has 11 nitrogen and oxygen atoms in total. The van der Waals surface area contributed by atoms with Gasteiger partial charge in [0.05, 0.1) is 6.61 Å². The van der Waals surface area contributed by atoms with E-state index in [0.717, 1.165) is 0 Å². The van der Waals surface area contributed by atoms with Gasteiger partial charge in [-0.05, 0) is 12.1 Å². The third-order valence-corrected chi connectivity index (χ3v) is 4.23. The van der Waals surface area contributed by atoms with Crippen molar-refractivity contribution in [2.24, 2.45) is 5.73 Å². The first-order valence-electron chi connectivity index (χ1n) is 8.02. The van der Waals surface area contributed by atoms with Gasteiger partial charge < -0.3 is 46.5 Å². The van der Waals surface area contributed by atoms with E-state index in [1.807, 2.05) is 0 Å². The Kier molecular flexibility index (Phi) is 6.84. The molecular formula is C16H22N2O9. The molecule has 0 aliphatic carbocycles. The Bertz CT molecular complexity index is 684. The number of ether oxygens (including phenoxy) is 2. The van der Waals surface area contributed by atoms with Crippen molar-refractivity contribution in [1.82, 2.24) is 0 Å². The molecule has 9 N–H and O–H groups in total. The maximum Gasteiger partial charge on any atom is 0.323 e. The van der Waals surface area contributed by atoms with E-state index in [1.165, 1.54) is 18.2 Å². The number of rotatable bonds is 7. The summed E-state index contributed by atoms with van der Waals surface area (Å²) in [5, 5.41) is 48.0. The van der Waals surface area contributed by atoms with Gasteiger partial charge >= 0.3 is 5.97 Å². The van der Waals surface area contributed by atoms with Crippen LogP contribution in [0.1, 0.15) is 10.4 Å². The first-order valence-corrected chi connectivity index (χ1v) is 8.02. The summed E-state index contributed by atoms with van der Waals surface area (Å²) >= 11 is 0. The Hall–Kier alpha value is -2.12. The molecule has 1 fully saturated rings. The van der Waals surface area contributed by atoms with Gasteiger partial charge in [0.25, 0.3) is 0 Å². The molecule has 1 heterocycles. The van der Waals surface area contributed by atoms with Crippen LogP contribution in [0.3, 0.4) is 0 Å². The molecule has 0 aromatic heterocycles. The number of hydrogen-bond acceptors (Lipinski definition) is 10. The minimum Gasteiger partial charge on any atom is -0.480 e. The fourth-order valence-corrected chi connectivity index (χ4v) is 2.64. The number of carboxylic acids is 1. The Labute approximate surface area is 153 Å². The summed E-state index contributed by atoms with van der Waals surface area (Å²) in [4.78, 5) is 24.0. The van der Waals surface area contributed by atoms with E-state index in [-0.39, 0.29) is 11.3 Å². The zero-order chi connectivity index (χ0) is 20.3. The second-order valence-electron chi connectivity index (χ2n) is 6.07. The second-order valence-corrected chi connectivity index (χ2v) is 6.07. The van der Waals surface area contributed by atoms with Gasteiger partial charge in [0.15, 0.2) is 12.1 Å². The lowest BCUT2D eigenvalue weighted by molar-refractivity contribution is -0.307. The predicted molar refractivity (Wildman–Crippen MR) is 89.4 cm³/mol. The van der Waals surface area contributed by atoms with Gasteiger partial charge in [0.2, 0.25) is 0 Å². The van der Waals surface area contributed by atoms with Gasteiger partial charge in [-0.1, -0.05) is 12.1 Å². The molecule has 150 valence electrons. The predicted octanol–water partition coefficient (Wildman–Crippen LogP) is -2.95. The number of ketones is 1. The first kappa shape index (κ1) is 21.2. The number of nitrogens with two attached hydrogens (primary N) is 2. The fourth-order valence-electron chi connectivity index (χ4n) is 2.64. The van der Waals surface area contributed by atoms with Crippen molar-refractivity contribution in [1.29, 1.82) is 0 Å². The summed E-state index contributed by atoms with van der Waals surface area (Å²) in [5.74, 6) is -2.44. The zero-order valence-corrected chi connectivity index (χ0v) is 14.1. The molecule has 1 aliphatic rings. The number of aliphatic hydroxyl groups is 4. The monoisotopic (exact) mass is 386 g/mol. The van der Waals surface area contributed by atoms with Crippen molar-refractivity contribution < 1.29 is 44.6 Å². The van der Waals surface area contributed by atoms with Crippen molar-refractivity contribution >= 4 is 17.4 Å². The second kappa shape index (κ2) is 8.71. The van der Waals surface area contributed by atoms with E-state index in [1.54, 1.807) is 6.07 Å². The van der Waals surface area contributed by atoms with Gasteiger partial charge in [-0.15, -0.1) is 0 Å². The molecule has 7 atom stereocenters. The van der Waals surface area contributed by atoms with E-state index < -0.39 is 61.2 Å². The van der Waals surface area contributed by atoms with Crippen LogP contribution >= 0.6 is 0 Å². The average Bonchev–Trinajstić information content (AvgIpc) is 2.65. The smallest absolute Gasteiger partial charge is 0.323 e. The number of para-hydroxylation sites is 1. The lowest BCUT2D eigenvalue weighted by Crippen LogP contribution is -2.61. The summed E-state index contributed by atoms with van der Waals surface area (Å²) in [5.41, 5.74) is 11.3. The number of anilines is 1. The molecular weight excluding hydrogens is 364 g/mol. The minimum absolute atomic E-state index is 0.0520. The number of aliphatic hydroxyl groups excluding tert-OH is 4. The van der Waals surface area contributed by atoms with E-state index in [4.69, 9.17) is 20.9 Å². The van der Waals surface area contributed by atoms with Crippen molar-refractivity contribution in [2.75, 3.05) is 12.3 Å². The number of carbonyl (C=O) groups excluding carboxylic acids is 1. The maximum absolute atomic E-state index is 12.7. The Morgan fingerprint density at radius 3 is 2.33 bits per heavy atom. The molecule has 1 saturated heterocycles. The lowest BCUT2D eigenvalue weighted by atomic mass is 9.97. The van der Waals surface area contributed by atoms with Crippen LogP contribution in [0.15, 0.2) is 24.3 Å². The number of carbonyl (C=O) groups is 2. The fraction of sp³-hybridized carbons (Fsp3) is 0.500. The summed E-state index contributed by atoms with van der Waals surface area (Å²) in [7, 11) is 0. The van der Waals surface area contributed by atoms with Gasteiger partial charge in [0, 0.05) is 11.3 Å². The highest BCUT2D eigenvalue weighted by molar-refractivity contribution is 6.06. The Morgan fingerprint density at radius 2 is 1.78 bits per heavy atom. The molecule has 1 aromatic carbocycles. The molecule has 0 bridgehead atoms. The van der Waals surface area contributed by atoms with Crippen LogP contribution in [0.4, 0.5) is 5.69 Å². The number of Topliss-reactive ketones (excluding diaryl/α,β-unsaturated/α-hetero) is 1. The summed E-state index contributed by atoms with van der Waals surface area (Å²) in [6.45, 7) is -0.722. The highest BCUT2D eigenvalue weighted by Crippen LogP contribution is 2.25. The molecule has 1 aliphatic heterocycles. The minimum atomic E-state index is -1.84. The molecule has 0 radical (unpaired) electrons. The zero-order valence-electron chi connectivity index (χ0n) is 14.1. The summed E-state index contributed by atoms with van der Waals surface area (Å²) in [6.07, 6.45) is -10.1. The van der Waals surface area contributed by atoms with Crippen LogP contribution in [-0.4, -0.2) is 86.7 Å². The molecule has 1 aromatic rings. The quantitative estimate of drug-likeness (QED) is 0.186. The topological polar surface area (TPSA) is 206 Å². The van der Waals surface area contributed by atoms with Crippen molar-refractivity contribution in [3.8, 4) is 0 Å². The third-order valence-electron chi connectivity index (χ3n) is 4.23. The number of hydrogen-bond donors (Lipinski definition) is 7. The average molecular weight is 386 g/mol. The Balaban J connectivity index is 2.31. The Morgan fingerprint density at radius 1 is 1.15 bits per heavy atom. The van der Waals surface area contributed by atoms with Crippen molar-refractivity contribution in [2.45, 2.75) is 42.9 Å². The normalized spacial score (nSPS) is 30.5. The standard InChI is InChI=1S/C16H22N2O9/c17-7-4-2-1-3-6(7)10(20)14(9(18)15(24)25)27-16-13(23)12(22)11(21)8(5-19)26-16/h1-4,8-9,11-14,16,19,21-23H,5,17-18H2,(H,24,25)/t8-,9?,11-,12+,13-,14?,16+/m1/s1. The lowest BCUT2D eigenvalue weighted by Gasteiger charge is -2.41. The van der Waals surface area contributed by atoms with Crippen molar-refractivity contribution in [3.63, 3.8) is 0 Å². The van der Waals surface area contributed by atoms with Crippen molar-refractivity contribution in [3.05, 3.63) is 29.8 Å². The van der Waals surface area contributed by atoms with Gasteiger partial charge in [0.1, 0.15) is 36.6 Å². The number of nitrogen functional groups attached to an aromatic ring is 1. The molecule has 0 saturated carbocycles. The van der Waals surface area contributed by atoms with Crippen LogP contribution < -0.4 is 11.5 Å². The van der Waals surface area contributed by atoms with E-state index in [2.05, 4.69) is 0 Å². The van der Waals surface area contributed by atoms with Crippen LogP contribution in [0.5, 0.6) is 0 Å². The molecule has 2 rings (SSSR count). The van der Waals surface area contributed by atoms with Crippen LogP contribution in [0.25, 0.3) is 0 Å². The maximum atomic E-state index is 12.7. The first-order chi connectivity index (χ1) is 12.7. The van der Waals surface area contributed by atoms with Gasteiger partial charge in [-0.25, -0.2) is 0 Å². The van der Waals surface area contributed by atoms with E-state index in [9.17, 15) is 35.1 Å². The summed E-state index contributed by atoms with van der Waals surface area (Å²) < 4.78 is 10.4. The van der Waals surface area contributed by atoms with Crippen LogP contribution in [-0.2, 0) is 14.3 Å². The third kappa shape index (κ3) is 4.42. The molecule has 0 spiro atoms. The highest BCUT2D eigenvalue weighted by atomic mass is 16.7. The van der Waals surface area contributed by atoms with Crippen LogP contribution in [0, 0.1) is 0 Å². The molecule has 0 amide bonds.